The van der Waals surface area contributed by atoms with Gasteiger partial charge in [0.1, 0.15) is 6.04 Å². The summed E-state index contributed by atoms with van der Waals surface area (Å²) in [6, 6.07) is 5.60. The van der Waals surface area contributed by atoms with E-state index in [0.717, 1.165) is 0 Å². The quantitative estimate of drug-likeness (QED) is 0.513. The van der Waals surface area contributed by atoms with Crippen LogP contribution in [0.25, 0.3) is 0 Å². The highest BCUT2D eigenvalue weighted by Crippen LogP contribution is 2.11. The van der Waals surface area contributed by atoms with E-state index in [9.17, 15) is 19.2 Å². The predicted octanol–water partition coefficient (Wildman–Crippen LogP) is 1.18. The molecule has 0 aliphatic heterocycles. The number of benzene rings is 1. The monoisotopic (exact) mass is 395 g/mol. The standard InChI is InChI=1S/C18H25N3O5S/c1-12(22)19-10-8-16(23)20-14-6-4-13(5-7-14)17(24)21-15(9-11-27-3)18(25)26-2/h4-7,15H,8-11H2,1-3H3,(H,19,22)(H,20,23)(H,21,24)/t15-/m1/s1. The van der Waals surface area contributed by atoms with E-state index in [1.807, 2.05) is 6.26 Å². The van der Waals surface area contributed by atoms with E-state index >= 15 is 0 Å². The van der Waals surface area contributed by atoms with E-state index in [1.165, 1.54) is 14.0 Å². The normalized spacial score (nSPS) is 11.2. The fraction of sp³-hybridized carbons (Fsp3) is 0.444. The molecule has 0 saturated carbocycles. The number of anilines is 1. The molecule has 1 rings (SSSR count). The lowest BCUT2D eigenvalue weighted by Gasteiger charge is -2.16. The third-order valence-electron chi connectivity index (χ3n) is 3.56. The molecule has 0 saturated heterocycles. The summed E-state index contributed by atoms with van der Waals surface area (Å²) in [5, 5.41) is 7.88. The smallest absolute Gasteiger partial charge is 0.328 e. The summed E-state index contributed by atoms with van der Waals surface area (Å²) in [4.78, 5) is 46.6. The van der Waals surface area contributed by atoms with Crippen molar-refractivity contribution in [1.29, 1.82) is 0 Å². The largest absolute Gasteiger partial charge is 0.467 e. The minimum absolute atomic E-state index is 0.151. The predicted molar refractivity (Wildman–Crippen MR) is 105 cm³/mol. The van der Waals surface area contributed by atoms with Gasteiger partial charge in [-0.25, -0.2) is 4.79 Å². The van der Waals surface area contributed by atoms with E-state index in [0.29, 0.717) is 23.4 Å². The molecule has 0 heterocycles. The molecule has 148 valence electrons. The second-order valence-electron chi connectivity index (χ2n) is 5.69. The third-order valence-corrected chi connectivity index (χ3v) is 4.20. The molecule has 0 spiro atoms. The van der Waals surface area contributed by atoms with Gasteiger partial charge in [-0.1, -0.05) is 0 Å². The molecule has 3 N–H and O–H groups in total. The molecule has 0 radical (unpaired) electrons. The van der Waals surface area contributed by atoms with Gasteiger partial charge in [-0.15, -0.1) is 0 Å². The van der Waals surface area contributed by atoms with E-state index in [2.05, 4.69) is 16.0 Å². The molecule has 1 aromatic rings. The molecule has 27 heavy (non-hydrogen) atoms. The molecule has 0 unspecified atom stereocenters. The Balaban J connectivity index is 2.60. The van der Waals surface area contributed by atoms with Crippen LogP contribution in [0, 0.1) is 0 Å². The fourth-order valence-electron chi connectivity index (χ4n) is 2.15. The molecule has 1 aromatic carbocycles. The molecule has 0 aliphatic rings. The van der Waals surface area contributed by atoms with Gasteiger partial charge in [0, 0.05) is 31.1 Å². The van der Waals surface area contributed by atoms with Crippen LogP contribution in [0.15, 0.2) is 24.3 Å². The van der Waals surface area contributed by atoms with Crippen LogP contribution in [0.1, 0.15) is 30.1 Å². The zero-order valence-electron chi connectivity index (χ0n) is 15.7. The van der Waals surface area contributed by atoms with Crippen LogP contribution in [0.5, 0.6) is 0 Å². The van der Waals surface area contributed by atoms with Gasteiger partial charge in [0.2, 0.25) is 11.8 Å². The number of amides is 3. The SMILES string of the molecule is COC(=O)[C@@H](CCSC)NC(=O)c1ccc(NC(=O)CCNC(C)=O)cc1. The molecular formula is C18H25N3O5S. The number of carbonyl (C=O) groups is 4. The molecule has 9 heteroatoms. The Bertz CT molecular complexity index is 663. The summed E-state index contributed by atoms with van der Waals surface area (Å²) in [5.74, 6) is -0.607. The van der Waals surface area contributed by atoms with Crippen molar-refractivity contribution >= 4 is 41.1 Å². The average Bonchev–Trinajstić information content (AvgIpc) is 2.64. The van der Waals surface area contributed by atoms with Gasteiger partial charge in [-0.05, 0) is 42.7 Å². The first-order chi connectivity index (χ1) is 12.9. The molecule has 8 nitrogen and oxygen atoms in total. The number of esters is 1. The van der Waals surface area contributed by atoms with Crippen molar-refractivity contribution in [3.63, 3.8) is 0 Å². The number of methoxy groups -OCH3 is 1. The van der Waals surface area contributed by atoms with Crippen molar-refractivity contribution in [3.8, 4) is 0 Å². The van der Waals surface area contributed by atoms with Gasteiger partial charge in [-0.2, -0.15) is 11.8 Å². The number of thioether (sulfide) groups is 1. The molecule has 0 aromatic heterocycles. The van der Waals surface area contributed by atoms with E-state index in [-0.39, 0.29) is 24.8 Å². The number of nitrogens with one attached hydrogen (secondary N) is 3. The van der Waals surface area contributed by atoms with Gasteiger partial charge in [-0.3, -0.25) is 14.4 Å². The van der Waals surface area contributed by atoms with Gasteiger partial charge in [0.05, 0.1) is 7.11 Å². The lowest BCUT2D eigenvalue weighted by Crippen LogP contribution is -2.41. The van der Waals surface area contributed by atoms with Crippen molar-refractivity contribution in [2.75, 3.05) is 31.0 Å². The van der Waals surface area contributed by atoms with Crippen molar-refractivity contribution < 1.29 is 23.9 Å². The van der Waals surface area contributed by atoms with Crippen molar-refractivity contribution in [2.45, 2.75) is 25.8 Å². The second-order valence-corrected chi connectivity index (χ2v) is 6.67. The lowest BCUT2D eigenvalue weighted by atomic mass is 10.1. The van der Waals surface area contributed by atoms with Crippen molar-refractivity contribution in [1.82, 2.24) is 10.6 Å². The minimum Gasteiger partial charge on any atom is -0.467 e. The number of ether oxygens (including phenoxy) is 1. The zero-order valence-corrected chi connectivity index (χ0v) is 16.5. The maximum absolute atomic E-state index is 12.3. The maximum Gasteiger partial charge on any atom is 0.328 e. The van der Waals surface area contributed by atoms with Crippen LogP contribution < -0.4 is 16.0 Å². The second kappa shape index (κ2) is 11.9. The summed E-state index contributed by atoms with van der Waals surface area (Å²) in [6.45, 7) is 1.64. The summed E-state index contributed by atoms with van der Waals surface area (Å²) in [7, 11) is 1.28. The highest BCUT2D eigenvalue weighted by Gasteiger charge is 2.21. The summed E-state index contributed by atoms with van der Waals surface area (Å²) < 4.78 is 4.72. The van der Waals surface area contributed by atoms with Crippen LogP contribution in [-0.4, -0.2) is 55.4 Å². The fourth-order valence-corrected chi connectivity index (χ4v) is 2.62. The van der Waals surface area contributed by atoms with Crippen molar-refractivity contribution in [3.05, 3.63) is 29.8 Å². The van der Waals surface area contributed by atoms with Crippen LogP contribution in [0.3, 0.4) is 0 Å². The highest BCUT2D eigenvalue weighted by molar-refractivity contribution is 7.98. The third kappa shape index (κ3) is 8.59. The van der Waals surface area contributed by atoms with E-state index < -0.39 is 17.9 Å². The van der Waals surface area contributed by atoms with E-state index in [1.54, 1.807) is 36.0 Å². The molecule has 0 fully saturated rings. The number of hydrogen-bond acceptors (Lipinski definition) is 6. The summed E-state index contributed by atoms with van der Waals surface area (Å²) >= 11 is 1.57. The first-order valence-electron chi connectivity index (χ1n) is 8.39. The number of hydrogen-bond donors (Lipinski definition) is 3. The number of rotatable bonds is 10. The highest BCUT2D eigenvalue weighted by atomic mass is 32.2. The maximum atomic E-state index is 12.3. The molecular weight excluding hydrogens is 370 g/mol. The first-order valence-corrected chi connectivity index (χ1v) is 9.78. The average molecular weight is 395 g/mol. The molecule has 0 aliphatic carbocycles. The lowest BCUT2D eigenvalue weighted by molar-refractivity contribution is -0.142. The number of carbonyl (C=O) groups excluding carboxylic acids is 4. The van der Waals surface area contributed by atoms with Crippen LogP contribution >= 0.6 is 11.8 Å². The van der Waals surface area contributed by atoms with Crippen LogP contribution in [-0.2, 0) is 19.1 Å². The Hall–Kier alpha value is -2.55. The van der Waals surface area contributed by atoms with Gasteiger partial charge in [0.25, 0.3) is 5.91 Å². The summed E-state index contributed by atoms with van der Waals surface area (Å²) in [5.41, 5.74) is 0.899. The Morgan fingerprint density at radius 2 is 1.81 bits per heavy atom. The van der Waals surface area contributed by atoms with E-state index in [4.69, 9.17) is 4.74 Å². The molecule has 1 atom stereocenters. The topological polar surface area (TPSA) is 114 Å². The first kappa shape index (κ1) is 22.5. The van der Waals surface area contributed by atoms with Gasteiger partial charge >= 0.3 is 5.97 Å². The Labute approximate surface area is 162 Å². The minimum atomic E-state index is -0.705. The Morgan fingerprint density at radius 1 is 1.15 bits per heavy atom. The van der Waals surface area contributed by atoms with Gasteiger partial charge in [0.15, 0.2) is 0 Å². The van der Waals surface area contributed by atoms with Crippen LogP contribution in [0.4, 0.5) is 5.69 Å². The molecule has 0 bridgehead atoms. The van der Waals surface area contributed by atoms with Gasteiger partial charge < -0.3 is 20.7 Å². The zero-order chi connectivity index (χ0) is 20.2. The summed E-state index contributed by atoms with van der Waals surface area (Å²) in [6.07, 6.45) is 2.54. The van der Waals surface area contributed by atoms with Crippen molar-refractivity contribution in [2.24, 2.45) is 0 Å². The van der Waals surface area contributed by atoms with Crippen LogP contribution in [0.2, 0.25) is 0 Å². The Morgan fingerprint density at radius 3 is 2.37 bits per heavy atom. The Kier molecular flexibility index (Phi) is 9.95. The molecule has 3 amide bonds.